The minimum absolute atomic E-state index is 0.281. The number of hydrogen-bond donors (Lipinski definition) is 2. The van der Waals surface area contributed by atoms with Crippen LogP contribution in [0.15, 0.2) is 6.33 Å². The molecule has 0 aliphatic heterocycles. The van der Waals surface area contributed by atoms with Crippen LogP contribution in [0.1, 0.15) is 38.3 Å². The van der Waals surface area contributed by atoms with E-state index < -0.39 is 0 Å². The van der Waals surface area contributed by atoms with E-state index in [0.29, 0.717) is 24.0 Å². The number of aromatic nitrogens is 2. The van der Waals surface area contributed by atoms with Crippen molar-refractivity contribution in [3.05, 3.63) is 17.8 Å². The van der Waals surface area contributed by atoms with E-state index in [4.69, 9.17) is 5.73 Å². The van der Waals surface area contributed by atoms with Gasteiger partial charge in [-0.25, -0.2) is 14.4 Å². The van der Waals surface area contributed by atoms with Gasteiger partial charge in [0, 0.05) is 12.1 Å². The first-order valence-corrected chi connectivity index (χ1v) is 6.22. The maximum Gasteiger partial charge on any atom is 0.186 e. The highest BCUT2D eigenvalue weighted by atomic mass is 19.1. The van der Waals surface area contributed by atoms with Crippen LogP contribution in [-0.2, 0) is 6.42 Å². The lowest BCUT2D eigenvalue weighted by Crippen LogP contribution is -2.33. The Balaban J connectivity index is 2.03. The molecule has 1 aromatic heterocycles. The fourth-order valence-electron chi connectivity index (χ4n) is 2.21. The number of rotatable bonds is 3. The van der Waals surface area contributed by atoms with Gasteiger partial charge in [0.05, 0.1) is 5.69 Å². The summed E-state index contributed by atoms with van der Waals surface area (Å²) in [5.41, 5.74) is 6.31. The lowest BCUT2D eigenvalue weighted by Gasteiger charge is -2.27. The number of nitrogens with one attached hydrogen (secondary N) is 1. The van der Waals surface area contributed by atoms with Gasteiger partial charge in [0.2, 0.25) is 0 Å². The van der Waals surface area contributed by atoms with E-state index in [1.165, 1.54) is 6.33 Å². The molecule has 0 aromatic carbocycles. The van der Waals surface area contributed by atoms with Gasteiger partial charge in [-0.05, 0) is 32.1 Å². The van der Waals surface area contributed by atoms with Crippen molar-refractivity contribution in [3.63, 3.8) is 0 Å². The number of anilines is 1. The first-order chi connectivity index (χ1) is 8.20. The molecule has 1 aliphatic carbocycles. The van der Waals surface area contributed by atoms with Crippen molar-refractivity contribution in [3.8, 4) is 0 Å². The first-order valence-electron chi connectivity index (χ1n) is 6.22. The zero-order valence-electron chi connectivity index (χ0n) is 10.1. The van der Waals surface area contributed by atoms with E-state index in [1.54, 1.807) is 0 Å². The molecule has 2 rings (SSSR count). The van der Waals surface area contributed by atoms with Crippen LogP contribution in [0, 0.1) is 5.82 Å². The Bertz CT molecular complexity index is 375. The summed E-state index contributed by atoms with van der Waals surface area (Å²) in [7, 11) is 0. The molecular formula is C12H19FN4. The number of hydrogen-bond acceptors (Lipinski definition) is 4. The van der Waals surface area contributed by atoms with Gasteiger partial charge in [-0.3, -0.25) is 0 Å². The lowest BCUT2D eigenvalue weighted by atomic mass is 9.92. The van der Waals surface area contributed by atoms with Crippen LogP contribution >= 0.6 is 0 Å². The SMILES string of the molecule is CCc1ncnc(NC2CCC(N)CC2)c1F. The first kappa shape index (κ1) is 12.2. The van der Waals surface area contributed by atoms with Gasteiger partial charge >= 0.3 is 0 Å². The van der Waals surface area contributed by atoms with Gasteiger partial charge in [0.1, 0.15) is 6.33 Å². The summed E-state index contributed by atoms with van der Waals surface area (Å²) in [6.45, 7) is 1.88. The normalized spacial score (nSPS) is 24.6. The summed E-state index contributed by atoms with van der Waals surface area (Å²) in [4.78, 5) is 7.89. The molecule has 94 valence electrons. The van der Waals surface area contributed by atoms with Gasteiger partial charge < -0.3 is 11.1 Å². The summed E-state index contributed by atoms with van der Waals surface area (Å²) in [6, 6.07) is 0.582. The predicted molar refractivity (Wildman–Crippen MR) is 65.2 cm³/mol. The molecule has 4 nitrogen and oxygen atoms in total. The van der Waals surface area contributed by atoms with Crippen LogP contribution in [0.3, 0.4) is 0 Å². The van der Waals surface area contributed by atoms with E-state index in [9.17, 15) is 4.39 Å². The summed E-state index contributed by atoms with van der Waals surface area (Å²) >= 11 is 0. The molecule has 0 saturated heterocycles. The van der Waals surface area contributed by atoms with Crippen molar-refractivity contribution in [2.24, 2.45) is 5.73 Å². The predicted octanol–water partition coefficient (Wildman–Crippen LogP) is 1.86. The van der Waals surface area contributed by atoms with Crippen molar-refractivity contribution in [2.45, 2.75) is 51.1 Å². The second kappa shape index (κ2) is 5.40. The molecule has 0 radical (unpaired) electrons. The number of nitrogens with two attached hydrogens (primary N) is 1. The molecule has 1 aliphatic rings. The van der Waals surface area contributed by atoms with Crippen LogP contribution in [-0.4, -0.2) is 22.1 Å². The van der Waals surface area contributed by atoms with Crippen molar-refractivity contribution in [2.75, 3.05) is 5.32 Å². The highest BCUT2D eigenvalue weighted by Crippen LogP contribution is 2.22. The van der Waals surface area contributed by atoms with Crippen LogP contribution < -0.4 is 11.1 Å². The molecule has 1 aromatic rings. The van der Waals surface area contributed by atoms with Crippen LogP contribution in [0.25, 0.3) is 0 Å². The van der Waals surface area contributed by atoms with Crippen molar-refractivity contribution >= 4 is 5.82 Å². The van der Waals surface area contributed by atoms with E-state index in [2.05, 4.69) is 15.3 Å². The molecule has 0 unspecified atom stereocenters. The third-order valence-electron chi connectivity index (χ3n) is 3.31. The van der Waals surface area contributed by atoms with Gasteiger partial charge in [-0.1, -0.05) is 6.92 Å². The molecular weight excluding hydrogens is 219 g/mol. The maximum absolute atomic E-state index is 13.9. The Kier molecular flexibility index (Phi) is 3.89. The molecule has 1 heterocycles. The summed E-state index contributed by atoms with van der Waals surface area (Å²) in [5, 5.41) is 3.16. The molecule has 1 fully saturated rings. The van der Waals surface area contributed by atoms with Gasteiger partial charge in [0.15, 0.2) is 11.6 Å². The van der Waals surface area contributed by atoms with E-state index in [1.807, 2.05) is 6.92 Å². The van der Waals surface area contributed by atoms with Gasteiger partial charge in [-0.15, -0.1) is 0 Å². The molecule has 0 atom stereocenters. The largest absolute Gasteiger partial charge is 0.365 e. The topological polar surface area (TPSA) is 63.8 Å². The minimum atomic E-state index is -0.315. The van der Waals surface area contributed by atoms with Gasteiger partial charge in [-0.2, -0.15) is 0 Å². The Hall–Kier alpha value is -1.23. The fourth-order valence-corrected chi connectivity index (χ4v) is 2.21. The van der Waals surface area contributed by atoms with E-state index in [-0.39, 0.29) is 11.9 Å². The molecule has 5 heteroatoms. The highest BCUT2D eigenvalue weighted by Gasteiger charge is 2.20. The number of halogens is 1. The van der Waals surface area contributed by atoms with Crippen molar-refractivity contribution < 1.29 is 4.39 Å². The van der Waals surface area contributed by atoms with Crippen LogP contribution in [0.4, 0.5) is 10.2 Å². The zero-order valence-corrected chi connectivity index (χ0v) is 10.1. The van der Waals surface area contributed by atoms with Crippen molar-refractivity contribution in [1.82, 2.24) is 9.97 Å². The molecule has 0 bridgehead atoms. The summed E-state index contributed by atoms with van der Waals surface area (Å²) in [6.07, 6.45) is 5.94. The number of aryl methyl sites for hydroxylation is 1. The highest BCUT2D eigenvalue weighted by molar-refractivity contribution is 5.38. The van der Waals surface area contributed by atoms with E-state index >= 15 is 0 Å². The number of nitrogens with zero attached hydrogens (tertiary/aromatic N) is 2. The monoisotopic (exact) mass is 238 g/mol. The Morgan fingerprint density at radius 1 is 1.35 bits per heavy atom. The maximum atomic E-state index is 13.9. The van der Waals surface area contributed by atoms with E-state index in [0.717, 1.165) is 25.7 Å². The van der Waals surface area contributed by atoms with Gasteiger partial charge in [0.25, 0.3) is 0 Å². The average Bonchev–Trinajstić information content (AvgIpc) is 2.35. The molecule has 0 spiro atoms. The van der Waals surface area contributed by atoms with Crippen LogP contribution in [0.5, 0.6) is 0 Å². The zero-order chi connectivity index (χ0) is 12.3. The fraction of sp³-hybridized carbons (Fsp3) is 0.667. The average molecular weight is 238 g/mol. The van der Waals surface area contributed by atoms with Crippen LogP contribution in [0.2, 0.25) is 0 Å². The van der Waals surface area contributed by atoms with Crippen molar-refractivity contribution in [1.29, 1.82) is 0 Å². The quantitative estimate of drug-likeness (QED) is 0.843. The molecule has 17 heavy (non-hydrogen) atoms. The summed E-state index contributed by atoms with van der Waals surface area (Å²) in [5.74, 6) is 0.0159. The molecule has 0 amide bonds. The standard InChI is InChI=1S/C12H19FN4/c1-2-10-11(13)12(16-7-15-10)17-9-5-3-8(14)4-6-9/h7-9H,2-6,14H2,1H3,(H,15,16,17). The Morgan fingerprint density at radius 2 is 2.06 bits per heavy atom. The second-order valence-electron chi connectivity index (χ2n) is 4.59. The third-order valence-corrected chi connectivity index (χ3v) is 3.31. The second-order valence-corrected chi connectivity index (χ2v) is 4.59. The Morgan fingerprint density at radius 3 is 2.71 bits per heavy atom. The summed E-state index contributed by atoms with van der Waals surface area (Å²) < 4.78 is 13.9. The molecule has 1 saturated carbocycles. The third kappa shape index (κ3) is 2.91. The smallest absolute Gasteiger partial charge is 0.186 e. The Labute approximate surface area is 101 Å². The lowest BCUT2D eigenvalue weighted by molar-refractivity contribution is 0.409. The molecule has 3 N–H and O–H groups in total. The minimum Gasteiger partial charge on any atom is -0.365 e.